The van der Waals surface area contributed by atoms with Crippen LogP contribution in [0.3, 0.4) is 0 Å². The third-order valence-corrected chi connectivity index (χ3v) is 4.94. The standard InChI is InChI=1S/C18H14N2O2S/c1-10-9-19-17(12-7-6-11(21)8-14(12)22)16(10)18-20-13-4-2-3-5-15(13)23-18/h2-8,21-22H,9H2,1H3. The van der Waals surface area contributed by atoms with Gasteiger partial charge in [-0.05, 0) is 36.8 Å². The van der Waals surface area contributed by atoms with Crippen molar-refractivity contribution >= 4 is 32.8 Å². The molecule has 2 heterocycles. The summed E-state index contributed by atoms with van der Waals surface area (Å²) in [6.45, 7) is 2.64. The van der Waals surface area contributed by atoms with Gasteiger partial charge in [0.05, 0.1) is 22.5 Å². The van der Waals surface area contributed by atoms with E-state index in [1.54, 1.807) is 23.5 Å². The molecule has 1 aromatic heterocycles. The Morgan fingerprint density at radius 3 is 2.70 bits per heavy atom. The summed E-state index contributed by atoms with van der Waals surface area (Å²) >= 11 is 1.62. The average molecular weight is 322 g/mol. The van der Waals surface area contributed by atoms with Gasteiger partial charge in [-0.25, -0.2) is 4.98 Å². The molecule has 0 aliphatic carbocycles. The van der Waals surface area contributed by atoms with Gasteiger partial charge in [0.15, 0.2) is 0 Å². The fourth-order valence-corrected chi connectivity index (χ4v) is 3.85. The van der Waals surface area contributed by atoms with Crippen LogP contribution in [0.25, 0.3) is 15.8 Å². The van der Waals surface area contributed by atoms with Crippen molar-refractivity contribution in [1.82, 2.24) is 4.98 Å². The number of aromatic nitrogens is 1. The van der Waals surface area contributed by atoms with Gasteiger partial charge >= 0.3 is 0 Å². The van der Waals surface area contributed by atoms with Crippen molar-refractivity contribution in [2.24, 2.45) is 4.99 Å². The number of aliphatic imine (C=N–C) groups is 1. The molecule has 3 aromatic rings. The number of benzene rings is 2. The van der Waals surface area contributed by atoms with Crippen molar-refractivity contribution in [2.45, 2.75) is 6.92 Å². The highest BCUT2D eigenvalue weighted by Gasteiger charge is 2.25. The minimum atomic E-state index is 0.0251. The van der Waals surface area contributed by atoms with Gasteiger partial charge in [0, 0.05) is 17.2 Å². The van der Waals surface area contributed by atoms with Crippen molar-refractivity contribution < 1.29 is 10.2 Å². The maximum atomic E-state index is 10.2. The van der Waals surface area contributed by atoms with E-state index in [1.807, 2.05) is 25.1 Å². The van der Waals surface area contributed by atoms with E-state index in [0.29, 0.717) is 12.1 Å². The fraction of sp³-hybridized carbons (Fsp3) is 0.111. The smallest absolute Gasteiger partial charge is 0.128 e. The molecule has 0 radical (unpaired) electrons. The molecule has 0 spiro atoms. The Morgan fingerprint density at radius 2 is 1.91 bits per heavy atom. The van der Waals surface area contributed by atoms with Gasteiger partial charge in [-0.1, -0.05) is 12.1 Å². The van der Waals surface area contributed by atoms with Gasteiger partial charge < -0.3 is 10.2 Å². The molecule has 0 saturated carbocycles. The quantitative estimate of drug-likeness (QED) is 0.750. The summed E-state index contributed by atoms with van der Waals surface area (Å²) < 4.78 is 1.13. The monoisotopic (exact) mass is 322 g/mol. The molecule has 1 aliphatic rings. The van der Waals surface area contributed by atoms with Crippen molar-refractivity contribution in [1.29, 1.82) is 0 Å². The molecule has 2 aromatic carbocycles. The minimum Gasteiger partial charge on any atom is -0.508 e. The van der Waals surface area contributed by atoms with Gasteiger partial charge in [-0.3, -0.25) is 4.99 Å². The summed E-state index contributed by atoms with van der Waals surface area (Å²) in [6, 6.07) is 12.6. The Labute approximate surface area is 137 Å². The number of phenols is 2. The predicted octanol–water partition coefficient (Wildman–Crippen LogP) is 3.98. The third kappa shape index (κ3) is 2.29. The molecule has 2 N–H and O–H groups in total. The highest BCUT2D eigenvalue weighted by Crippen LogP contribution is 2.36. The Morgan fingerprint density at radius 1 is 1.09 bits per heavy atom. The highest BCUT2D eigenvalue weighted by atomic mass is 32.1. The van der Waals surface area contributed by atoms with E-state index in [2.05, 4.69) is 11.1 Å². The van der Waals surface area contributed by atoms with E-state index in [0.717, 1.165) is 32.1 Å². The Kier molecular flexibility index (Phi) is 3.16. The molecule has 0 atom stereocenters. The van der Waals surface area contributed by atoms with E-state index in [9.17, 15) is 10.2 Å². The maximum absolute atomic E-state index is 10.2. The average Bonchev–Trinajstić information content (AvgIpc) is 3.10. The summed E-state index contributed by atoms with van der Waals surface area (Å²) in [6.07, 6.45) is 0. The number of fused-ring (bicyclic) bond motifs is 1. The van der Waals surface area contributed by atoms with Crippen molar-refractivity contribution in [2.75, 3.05) is 6.54 Å². The third-order valence-electron chi connectivity index (χ3n) is 3.88. The Bertz CT molecular complexity index is 953. The lowest BCUT2D eigenvalue weighted by Crippen LogP contribution is -2.02. The Hall–Kier alpha value is -2.66. The zero-order chi connectivity index (χ0) is 16.0. The number of hydrogen-bond donors (Lipinski definition) is 2. The molecule has 4 nitrogen and oxygen atoms in total. The first-order chi connectivity index (χ1) is 11.1. The first-order valence-electron chi connectivity index (χ1n) is 7.26. The molecule has 114 valence electrons. The van der Waals surface area contributed by atoms with Crippen LogP contribution in [-0.4, -0.2) is 27.5 Å². The number of para-hydroxylation sites is 1. The first-order valence-corrected chi connectivity index (χ1v) is 8.08. The van der Waals surface area contributed by atoms with Gasteiger partial charge in [-0.15, -0.1) is 11.3 Å². The summed E-state index contributed by atoms with van der Waals surface area (Å²) in [5.74, 6) is 0.0594. The second-order valence-electron chi connectivity index (χ2n) is 5.51. The molecule has 0 saturated heterocycles. The molecule has 1 aliphatic heterocycles. The molecule has 23 heavy (non-hydrogen) atoms. The van der Waals surface area contributed by atoms with Crippen LogP contribution in [-0.2, 0) is 0 Å². The van der Waals surface area contributed by atoms with Crippen molar-refractivity contribution in [3.63, 3.8) is 0 Å². The number of rotatable bonds is 2. The number of nitrogens with zero attached hydrogens (tertiary/aromatic N) is 2. The number of allylic oxidation sites excluding steroid dienone is 1. The minimum absolute atomic E-state index is 0.0251. The molecule has 5 heteroatoms. The van der Waals surface area contributed by atoms with E-state index in [1.165, 1.54) is 6.07 Å². The fourth-order valence-electron chi connectivity index (χ4n) is 2.76. The number of phenolic OH excluding ortho intramolecular Hbond substituents is 2. The lowest BCUT2D eigenvalue weighted by molar-refractivity contribution is 0.450. The molecule has 0 amide bonds. The SMILES string of the molecule is CC1=C(c2nc3ccccc3s2)C(c2ccc(O)cc2O)=NC1. The van der Waals surface area contributed by atoms with Crippen LogP contribution in [0, 0.1) is 0 Å². The molecule has 0 unspecified atom stereocenters. The van der Waals surface area contributed by atoms with Crippen LogP contribution in [0.5, 0.6) is 11.5 Å². The van der Waals surface area contributed by atoms with Crippen LogP contribution in [0.1, 0.15) is 17.5 Å². The second kappa shape index (κ2) is 5.21. The topological polar surface area (TPSA) is 65.7 Å². The summed E-state index contributed by atoms with van der Waals surface area (Å²) in [7, 11) is 0. The number of thiazole rings is 1. The molecular weight excluding hydrogens is 308 g/mol. The van der Waals surface area contributed by atoms with E-state index in [4.69, 9.17) is 4.98 Å². The lowest BCUT2D eigenvalue weighted by Gasteiger charge is -2.08. The molecule has 0 bridgehead atoms. The van der Waals surface area contributed by atoms with Gasteiger partial charge in [0.1, 0.15) is 16.5 Å². The van der Waals surface area contributed by atoms with E-state index in [-0.39, 0.29) is 11.5 Å². The van der Waals surface area contributed by atoms with Crippen LogP contribution in [0.4, 0.5) is 0 Å². The van der Waals surface area contributed by atoms with Gasteiger partial charge in [-0.2, -0.15) is 0 Å². The normalized spacial score (nSPS) is 14.6. The highest BCUT2D eigenvalue weighted by molar-refractivity contribution is 7.19. The molecule has 0 fully saturated rings. The number of aromatic hydroxyl groups is 2. The zero-order valence-electron chi connectivity index (χ0n) is 12.4. The number of hydrogen-bond acceptors (Lipinski definition) is 5. The second-order valence-corrected chi connectivity index (χ2v) is 6.54. The van der Waals surface area contributed by atoms with E-state index < -0.39 is 0 Å². The van der Waals surface area contributed by atoms with Crippen molar-refractivity contribution in [3.8, 4) is 11.5 Å². The largest absolute Gasteiger partial charge is 0.508 e. The Balaban J connectivity index is 1.86. The van der Waals surface area contributed by atoms with Gasteiger partial charge in [0.2, 0.25) is 0 Å². The van der Waals surface area contributed by atoms with E-state index >= 15 is 0 Å². The van der Waals surface area contributed by atoms with Crippen LogP contribution in [0.2, 0.25) is 0 Å². The molecular formula is C18H14N2O2S. The maximum Gasteiger partial charge on any atom is 0.128 e. The first kappa shape index (κ1) is 14.0. The summed E-state index contributed by atoms with van der Waals surface area (Å²) in [4.78, 5) is 9.29. The zero-order valence-corrected chi connectivity index (χ0v) is 13.3. The lowest BCUT2D eigenvalue weighted by atomic mass is 10.00. The van der Waals surface area contributed by atoms with Gasteiger partial charge in [0.25, 0.3) is 0 Å². The van der Waals surface area contributed by atoms with Crippen LogP contribution >= 0.6 is 11.3 Å². The van der Waals surface area contributed by atoms with Crippen molar-refractivity contribution in [3.05, 3.63) is 58.6 Å². The molecule has 4 rings (SSSR count). The summed E-state index contributed by atoms with van der Waals surface area (Å²) in [5.41, 5.74) is 4.43. The van der Waals surface area contributed by atoms with Crippen LogP contribution in [0.15, 0.2) is 53.0 Å². The van der Waals surface area contributed by atoms with Crippen LogP contribution < -0.4 is 0 Å². The predicted molar refractivity (Wildman–Crippen MR) is 93.4 cm³/mol. The summed E-state index contributed by atoms with van der Waals surface area (Å²) in [5, 5.41) is 20.6.